The second kappa shape index (κ2) is 6.10. The normalized spacial score (nSPS) is 15.6. The zero-order valence-electron chi connectivity index (χ0n) is 12.3. The number of benzene rings is 1. The topological polar surface area (TPSA) is 58.4 Å². The van der Waals surface area contributed by atoms with Gasteiger partial charge in [0.15, 0.2) is 0 Å². The molecule has 1 amide bonds. The van der Waals surface area contributed by atoms with E-state index in [1.54, 1.807) is 35.0 Å². The molecular formula is C16H18ClN3O2. The smallest absolute Gasteiger partial charge is 0.256 e. The van der Waals surface area contributed by atoms with Crippen LogP contribution in [-0.4, -0.2) is 45.4 Å². The highest BCUT2D eigenvalue weighted by Crippen LogP contribution is 2.32. The monoisotopic (exact) mass is 319 g/mol. The minimum Gasteiger partial charge on any atom is -0.391 e. The van der Waals surface area contributed by atoms with Gasteiger partial charge in [0.1, 0.15) is 0 Å². The third-order valence-electron chi connectivity index (χ3n) is 3.89. The number of aliphatic hydroxyl groups excluding tert-OH is 1. The van der Waals surface area contributed by atoms with Gasteiger partial charge in [-0.1, -0.05) is 11.6 Å². The Morgan fingerprint density at radius 2 is 2.14 bits per heavy atom. The van der Waals surface area contributed by atoms with Crippen molar-refractivity contribution in [3.8, 4) is 5.69 Å². The molecule has 2 aromatic rings. The molecule has 0 saturated heterocycles. The molecule has 1 heterocycles. The van der Waals surface area contributed by atoms with Crippen molar-refractivity contribution in [1.82, 2.24) is 14.7 Å². The molecule has 116 valence electrons. The summed E-state index contributed by atoms with van der Waals surface area (Å²) in [5, 5.41) is 14.8. The van der Waals surface area contributed by atoms with Gasteiger partial charge in [0.05, 0.1) is 23.6 Å². The van der Waals surface area contributed by atoms with Crippen LogP contribution < -0.4 is 0 Å². The number of halogens is 1. The zero-order valence-corrected chi connectivity index (χ0v) is 13.1. The molecular weight excluding hydrogens is 302 g/mol. The Bertz CT molecular complexity index is 664. The van der Waals surface area contributed by atoms with Crippen LogP contribution in [0.15, 0.2) is 36.7 Å². The first-order valence-corrected chi connectivity index (χ1v) is 7.66. The van der Waals surface area contributed by atoms with Crippen molar-refractivity contribution in [3.05, 3.63) is 47.2 Å². The van der Waals surface area contributed by atoms with E-state index in [0.717, 1.165) is 18.5 Å². The van der Waals surface area contributed by atoms with Gasteiger partial charge in [0.2, 0.25) is 0 Å². The molecule has 0 radical (unpaired) electrons. The first kappa shape index (κ1) is 15.1. The summed E-state index contributed by atoms with van der Waals surface area (Å²) in [4.78, 5) is 13.9. The third kappa shape index (κ3) is 3.31. The number of hydrogen-bond acceptors (Lipinski definition) is 3. The van der Waals surface area contributed by atoms with Crippen LogP contribution in [0.1, 0.15) is 23.2 Å². The molecule has 1 unspecified atom stereocenters. The van der Waals surface area contributed by atoms with Crippen LogP contribution in [0.2, 0.25) is 5.02 Å². The Hall–Kier alpha value is -1.85. The van der Waals surface area contributed by atoms with Gasteiger partial charge in [-0.3, -0.25) is 4.79 Å². The van der Waals surface area contributed by atoms with Crippen molar-refractivity contribution >= 4 is 17.5 Å². The van der Waals surface area contributed by atoms with Crippen LogP contribution >= 0.6 is 11.6 Å². The van der Waals surface area contributed by atoms with Crippen LogP contribution in [0.5, 0.6) is 0 Å². The molecule has 3 rings (SSSR count). The van der Waals surface area contributed by atoms with Crippen molar-refractivity contribution in [2.45, 2.75) is 18.9 Å². The van der Waals surface area contributed by atoms with E-state index in [0.29, 0.717) is 23.0 Å². The first-order chi connectivity index (χ1) is 10.5. The molecule has 1 aliphatic carbocycles. The van der Waals surface area contributed by atoms with Gasteiger partial charge < -0.3 is 10.0 Å². The molecule has 1 saturated carbocycles. The van der Waals surface area contributed by atoms with Gasteiger partial charge >= 0.3 is 0 Å². The average molecular weight is 320 g/mol. The maximum atomic E-state index is 12.4. The molecule has 1 aliphatic rings. The van der Waals surface area contributed by atoms with Gasteiger partial charge in [0, 0.05) is 24.8 Å². The molecule has 0 aliphatic heterocycles. The highest BCUT2D eigenvalue weighted by Gasteiger charge is 2.31. The molecule has 0 spiro atoms. The summed E-state index contributed by atoms with van der Waals surface area (Å²) in [6, 6.07) is 7.23. The third-order valence-corrected chi connectivity index (χ3v) is 4.15. The maximum absolute atomic E-state index is 12.4. The minimum atomic E-state index is -0.430. The lowest BCUT2D eigenvalue weighted by molar-refractivity contribution is 0.0645. The Morgan fingerprint density at radius 1 is 1.45 bits per heavy atom. The molecule has 1 aromatic carbocycles. The Morgan fingerprint density at radius 3 is 2.77 bits per heavy atom. The highest BCUT2D eigenvalue weighted by molar-refractivity contribution is 6.30. The summed E-state index contributed by atoms with van der Waals surface area (Å²) in [6.45, 7) is 0.357. The largest absolute Gasteiger partial charge is 0.391 e. The van der Waals surface area contributed by atoms with E-state index >= 15 is 0 Å². The van der Waals surface area contributed by atoms with E-state index in [1.807, 2.05) is 12.1 Å². The number of carbonyl (C=O) groups is 1. The lowest BCUT2D eigenvalue weighted by Crippen LogP contribution is -2.35. The number of rotatable bonds is 5. The lowest BCUT2D eigenvalue weighted by atomic mass is 10.2. The van der Waals surface area contributed by atoms with Crippen molar-refractivity contribution < 1.29 is 9.90 Å². The predicted molar refractivity (Wildman–Crippen MR) is 84.3 cm³/mol. The number of likely N-dealkylation sites (N-methyl/N-ethyl adjacent to an activating group) is 1. The second-order valence-corrected chi connectivity index (χ2v) is 6.18. The number of carbonyl (C=O) groups excluding carboxylic acids is 1. The minimum absolute atomic E-state index is 0.139. The van der Waals surface area contributed by atoms with E-state index in [-0.39, 0.29) is 5.91 Å². The van der Waals surface area contributed by atoms with E-state index in [9.17, 15) is 9.90 Å². The van der Waals surface area contributed by atoms with Crippen molar-refractivity contribution in [2.24, 2.45) is 5.92 Å². The van der Waals surface area contributed by atoms with Crippen LogP contribution in [0.3, 0.4) is 0 Å². The quantitative estimate of drug-likeness (QED) is 0.920. The summed E-state index contributed by atoms with van der Waals surface area (Å²) in [6.07, 6.45) is 4.90. The number of amides is 1. The fraction of sp³-hybridized carbons (Fsp3) is 0.375. The Kier molecular flexibility index (Phi) is 4.18. The fourth-order valence-electron chi connectivity index (χ4n) is 2.38. The van der Waals surface area contributed by atoms with Crippen LogP contribution in [0, 0.1) is 5.92 Å². The summed E-state index contributed by atoms with van der Waals surface area (Å²) >= 11 is 5.86. The van der Waals surface area contributed by atoms with E-state index < -0.39 is 6.10 Å². The lowest BCUT2D eigenvalue weighted by Gasteiger charge is -2.19. The second-order valence-electron chi connectivity index (χ2n) is 5.74. The van der Waals surface area contributed by atoms with Crippen molar-refractivity contribution in [2.75, 3.05) is 13.6 Å². The molecule has 5 nitrogen and oxygen atoms in total. The average Bonchev–Trinajstić information content (AvgIpc) is 3.25. The number of aliphatic hydroxyl groups is 1. The van der Waals surface area contributed by atoms with Gasteiger partial charge in [-0.05, 0) is 43.0 Å². The van der Waals surface area contributed by atoms with E-state index in [2.05, 4.69) is 5.10 Å². The zero-order chi connectivity index (χ0) is 15.7. The van der Waals surface area contributed by atoms with Gasteiger partial charge in [-0.2, -0.15) is 5.10 Å². The van der Waals surface area contributed by atoms with Crippen molar-refractivity contribution in [3.63, 3.8) is 0 Å². The Balaban J connectivity index is 1.69. The Labute approximate surface area is 134 Å². The van der Waals surface area contributed by atoms with Crippen LogP contribution in [0.25, 0.3) is 5.69 Å². The molecule has 6 heteroatoms. The van der Waals surface area contributed by atoms with Crippen LogP contribution in [0.4, 0.5) is 0 Å². The molecule has 1 fully saturated rings. The van der Waals surface area contributed by atoms with E-state index in [1.165, 1.54) is 6.20 Å². The summed E-state index contributed by atoms with van der Waals surface area (Å²) in [5.74, 6) is 0.215. The predicted octanol–water partition coefficient (Wildman–Crippen LogP) is 2.37. The van der Waals surface area contributed by atoms with Gasteiger partial charge in [-0.15, -0.1) is 0 Å². The summed E-state index contributed by atoms with van der Waals surface area (Å²) in [7, 11) is 1.70. The first-order valence-electron chi connectivity index (χ1n) is 7.29. The highest BCUT2D eigenvalue weighted by atomic mass is 35.5. The molecule has 1 atom stereocenters. The maximum Gasteiger partial charge on any atom is 0.256 e. The number of nitrogens with zero attached hydrogens (tertiary/aromatic N) is 3. The number of aromatic nitrogens is 2. The molecule has 1 aromatic heterocycles. The molecule has 0 bridgehead atoms. The van der Waals surface area contributed by atoms with E-state index in [4.69, 9.17) is 11.6 Å². The fourth-order valence-corrected chi connectivity index (χ4v) is 2.51. The molecule has 22 heavy (non-hydrogen) atoms. The van der Waals surface area contributed by atoms with Crippen LogP contribution in [-0.2, 0) is 0 Å². The summed E-state index contributed by atoms with van der Waals surface area (Å²) in [5.41, 5.74) is 1.34. The SMILES string of the molecule is CN(CC(O)C1CC1)C(=O)c1cnn(-c2ccc(Cl)cc2)c1. The van der Waals surface area contributed by atoms with Crippen molar-refractivity contribution in [1.29, 1.82) is 0 Å². The standard InChI is InChI=1S/C16H18ClN3O2/c1-19(10-15(21)11-2-3-11)16(22)12-8-18-20(9-12)14-6-4-13(17)5-7-14/h4-9,11,15,21H,2-3,10H2,1H3. The summed E-state index contributed by atoms with van der Waals surface area (Å²) < 4.78 is 1.63. The van der Waals surface area contributed by atoms with Gasteiger partial charge in [0.25, 0.3) is 5.91 Å². The number of hydrogen-bond donors (Lipinski definition) is 1. The van der Waals surface area contributed by atoms with Gasteiger partial charge in [-0.25, -0.2) is 4.68 Å². The molecule has 1 N–H and O–H groups in total.